The van der Waals surface area contributed by atoms with Crippen molar-refractivity contribution in [3.63, 3.8) is 0 Å². The monoisotopic (exact) mass is 266 g/mol. The van der Waals surface area contributed by atoms with Crippen molar-refractivity contribution >= 4 is 9.84 Å². The average molecular weight is 266 g/mol. The number of hydrogen-bond acceptors (Lipinski definition) is 3. The second kappa shape index (κ2) is 4.86. The quantitative estimate of drug-likeness (QED) is 0.845. The predicted molar refractivity (Wildman–Crippen MR) is 71.1 cm³/mol. The fourth-order valence-corrected chi connectivity index (χ4v) is 4.04. The minimum atomic E-state index is -3.41. The maximum atomic E-state index is 12.6. The van der Waals surface area contributed by atoms with E-state index in [1.807, 2.05) is 32.9 Å². The van der Waals surface area contributed by atoms with Crippen molar-refractivity contribution in [1.82, 2.24) is 0 Å². The molecule has 0 saturated heterocycles. The van der Waals surface area contributed by atoms with Crippen LogP contribution in [0.2, 0.25) is 0 Å². The normalized spacial score (nSPS) is 20.5. The molecule has 0 saturated carbocycles. The molecule has 18 heavy (non-hydrogen) atoms. The average Bonchev–Trinajstić information content (AvgIpc) is 2.71. The smallest absolute Gasteiger partial charge is 0.205 e. The lowest BCUT2D eigenvalue weighted by atomic mass is 10.2. The zero-order chi connectivity index (χ0) is 13.3. The number of hydrogen-bond donors (Lipinski definition) is 0. The molecule has 0 radical (unpaired) electrons. The van der Waals surface area contributed by atoms with Gasteiger partial charge in [-0.15, -0.1) is 0 Å². The van der Waals surface area contributed by atoms with Gasteiger partial charge in [-0.2, -0.15) is 0 Å². The molecule has 4 heteroatoms. The molecule has 98 valence electrons. The van der Waals surface area contributed by atoms with Crippen LogP contribution in [0.5, 0.6) is 0 Å². The highest BCUT2D eigenvalue weighted by Crippen LogP contribution is 2.32. The molecule has 2 rings (SSSR count). The number of ether oxygens (including phenoxy) is 1. The summed E-state index contributed by atoms with van der Waals surface area (Å²) in [4.78, 5) is 0.806. The van der Waals surface area contributed by atoms with E-state index in [1.54, 1.807) is 12.1 Å². The first-order valence-electron chi connectivity index (χ1n) is 6.09. The topological polar surface area (TPSA) is 43.4 Å². The van der Waals surface area contributed by atoms with Gasteiger partial charge in [0.25, 0.3) is 0 Å². The van der Waals surface area contributed by atoms with Gasteiger partial charge in [0.1, 0.15) is 0 Å². The Bertz CT molecular complexity index is 568. The van der Waals surface area contributed by atoms with E-state index < -0.39 is 9.84 Å². The largest absolute Gasteiger partial charge is 0.368 e. The molecule has 1 unspecified atom stereocenters. The Morgan fingerprint density at radius 1 is 1.22 bits per heavy atom. The third-order valence-corrected chi connectivity index (χ3v) is 5.29. The van der Waals surface area contributed by atoms with Crippen molar-refractivity contribution in [3.8, 4) is 0 Å². The number of sulfone groups is 1. The van der Waals surface area contributed by atoms with E-state index in [4.69, 9.17) is 4.74 Å². The number of rotatable bonds is 3. The molecule has 0 aromatic heterocycles. The standard InChI is InChI=1S/C14H18O3S/c1-4-13-14(11(3)9-17-13)18(15,16)12-7-5-10(2)6-8-12/h5-8,13H,4,9H2,1-3H3. The van der Waals surface area contributed by atoms with E-state index in [1.165, 1.54) is 0 Å². The molecule has 0 fully saturated rings. The summed E-state index contributed by atoms with van der Waals surface area (Å²) < 4.78 is 30.7. The van der Waals surface area contributed by atoms with E-state index >= 15 is 0 Å². The van der Waals surface area contributed by atoms with E-state index in [9.17, 15) is 8.42 Å². The van der Waals surface area contributed by atoms with Crippen molar-refractivity contribution in [2.24, 2.45) is 0 Å². The molecule has 1 aromatic carbocycles. The van der Waals surface area contributed by atoms with Gasteiger partial charge in [-0.05, 0) is 38.0 Å². The maximum absolute atomic E-state index is 12.6. The van der Waals surface area contributed by atoms with Crippen LogP contribution in [-0.2, 0) is 14.6 Å². The summed E-state index contributed by atoms with van der Waals surface area (Å²) in [5.41, 5.74) is 1.87. The molecule has 0 amide bonds. The first-order valence-corrected chi connectivity index (χ1v) is 7.58. The fourth-order valence-electron chi connectivity index (χ4n) is 2.20. The maximum Gasteiger partial charge on any atom is 0.205 e. The Balaban J connectivity index is 2.49. The molecular weight excluding hydrogens is 248 g/mol. The molecule has 3 nitrogen and oxygen atoms in total. The third-order valence-electron chi connectivity index (χ3n) is 3.21. The van der Waals surface area contributed by atoms with Crippen molar-refractivity contribution < 1.29 is 13.2 Å². The molecule has 1 aromatic rings. The van der Waals surface area contributed by atoms with Gasteiger partial charge in [-0.1, -0.05) is 24.6 Å². The van der Waals surface area contributed by atoms with E-state index in [0.29, 0.717) is 22.8 Å². The minimum absolute atomic E-state index is 0.295. The zero-order valence-corrected chi connectivity index (χ0v) is 11.8. The second-order valence-corrected chi connectivity index (χ2v) is 6.59. The van der Waals surface area contributed by atoms with Gasteiger partial charge >= 0.3 is 0 Å². The molecule has 1 atom stereocenters. The summed E-state index contributed by atoms with van der Waals surface area (Å²) in [7, 11) is -3.41. The van der Waals surface area contributed by atoms with Gasteiger partial charge in [-0.3, -0.25) is 0 Å². The second-order valence-electron chi connectivity index (χ2n) is 4.67. The third kappa shape index (κ3) is 2.22. The van der Waals surface area contributed by atoms with Crippen molar-refractivity contribution in [3.05, 3.63) is 40.3 Å². The van der Waals surface area contributed by atoms with Crippen LogP contribution >= 0.6 is 0 Å². The Morgan fingerprint density at radius 2 is 1.83 bits per heavy atom. The van der Waals surface area contributed by atoms with Crippen molar-refractivity contribution in [2.45, 2.75) is 38.2 Å². The van der Waals surface area contributed by atoms with Crippen LogP contribution in [0.25, 0.3) is 0 Å². The SMILES string of the molecule is CCC1OCC(C)=C1S(=O)(=O)c1ccc(C)cc1. The Hall–Kier alpha value is -1.13. The Morgan fingerprint density at radius 3 is 2.39 bits per heavy atom. The summed E-state index contributed by atoms with van der Waals surface area (Å²) in [6.07, 6.45) is 0.383. The molecule has 1 aliphatic heterocycles. The zero-order valence-electron chi connectivity index (χ0n) is 10.9. The van der Waals surface area contributed by atoms with Crippen LogP contribution in [0.15, 0.2) is 39.6 Å². The van der Waals surface area contributed by atoms with Gasteiger partial charge in [-0.25, -0.2) is 8.42 Å². The molecule has 0 N–H and O–H groups in total. The van der Waals surface area contributed by atoms with Crippen LogP contribution in [-0.4, -0.2) is 21.1 Å². The van der Waals surface area contributed by atoms with Gasteiger partial charge in [0.15, 0.2) is 0 Å². The molecule has 1 aliphatic rings. The summed E-state index contributed by atoms with van der Waals surface area (Å²) in [5.74, 6) is 0. The van der Waals surface area contributed by atoms with Gasteiger partial charge in [0, 0.05) is 0 Å². The summed E-state index contributed by atoms with van der Waals surface area (Å²) in [5, 5.41) is 0. The highest BCUT2D eigenvalue weighted by molar-refractivity contribution is 7.95. The Kier molecular flexibility index (Phi) is 3.59. The lowest BCUT2D eigenvalue weighted by Crippen LogP contribution is -2.17. The number of aryl methyl sites for hydroxylation is 1. The lowest BCUT2D eigenvalue weighted by Gasteiger charge is -2.13. The van der Waals surface area contributed by atoms with E-state index in [0.717, 1.165) is 11.1 Å². The van der Waals surface area contributed by atoms with E-state index in [2.05, 4.69) is 0 Å². The van der Waals surface area contributed by atoms with Crippen LogP contribution in [0, 0.1) is 6.92 Å². The van der Waals surface area contributed by atoms with Crippen molar-refractivity contribution in [1.29, 1.82) is 0 Å². The highest BCUT2D eigenvalue weighted by atomic mass is 32.2. The first kappa shape index (κ1) is 13.3. The van der Waals surface area contributed by atoms with Gasteiger partial charge in [0.2, 0.25) is 9.84 Å². The minimum Gasteiger partial charge on any atom is -0.368 e. The van der Waals surface area contributed by atoms with Gasteiger partial charge in [0.05, 0.1) is 22.5 Å². The summed E-state index contributed by atoms with van der Waals surface area (Å²) >= 11 is 0. The molecular formula is C14H18O3S. The molecule has 0 spiro atoms. The van der Waals surface area contributed by atoms with Crippen LogP contribution in [0.4, 0.5) is 0 Å². The Labute approximate surface area is 108 Å². The predicted octanol–water partition coefficient (Wildman–Crippen LogP) is 2.85. The van der Waals surface area contributed by atoms with Gasteiger partial charge < -0.3 is 4.74 Å². The van der Waals surface area contributed by atoms with E-state index in [-0.39, 0.29) is 6.10 Å². The van der Waals surface area contributed by atoms with Crippen LogP contribution < -0.4 is 0 Å². The molecule has 0 aliphatic carbocycles. The van der Waals surface area contributed by atoms with Crippen molar-refractivity contribution in [2.75, 3.05) is 6.61 Å². The lowest BCUT2D eigenvalue weighted by molar-refractivity contribution is 0.120. The van der Waals surface area contributed by atoms with Crippen LogP contribution in [0.1, 0.15) is 25.8 Å². The molecule has 1 heterocycles. The molecule has 0 bridgehead atoms. The number of benzene rings is 1. The highest BCUT2D eigenvalue weighted by Gasteiger charge is 2.33. The van der Waals surface area contributed by atoms with Crippen LogP contribution in [0.3, 0.4) is 0 Å². The summed E-state index contributed by atoms with van der Waals surface area (Å²) in [6.45, 7) is 6.12. The summed E-state index contributed by atoms with van der Waals surface area (Å²) in [6, 6.07) is 6.96. The fraction of sp³-hybridized carbons (Fsp3) is 0.429. The first-order chi connectivity index (χ1) is 8.46.